The van der Waals surface area contributed by atoms with Gasteiger partial charge in [0.1, 0.15) is 6.61 Å². The molecule has 0 aliphatic carbocycles. The highest BCUT2D eigenvalue weighted by atomic mass is 32.1. The molecule has 104 valence electrons. The quantitative estimate of drug-likeness (QED) is 0.621. The smallest absolute Gasteiger partial charge is 0.252 e. The first kappa shape index (κ1) is 14.2. The molecule has 7 heteroatoms. The Morgan fingerprint density at radius 3 is 3.20 bits per heavy atom. The van der Waals surface area contributed by atoms with Crippen LogP contribution in [0, 0.1) is 11.8 Å². The molecule has 2 aromatic rings. The van der Waals surface area contributed by atoms with E-state index in [1.807, 2.05) is 0 Å². The van der Waals surface area contributed by atoms with E-state index in [0.29, 0.717) is 12.1 Å². The van der Waals surface area contributed by atoms with Crippen molar-refractivity contribution in [1.82, 2.24) is 20.3 Å². The van der Waals surface area contributed by atoms with E-state index in [9.17, 15) is 4.79 Å². The number of aromatic nitrogens is 3. The van der Waals surface area contributed by atoms with Crippen molar-refractivity contribution < 1.29 is 9.90 Å². The van der Waals surface area contributed by atoms with Crippen LogP contribution in [0.25, 0.3) is 0 Å². The Morgan fingerprint density at radius 1 is 1.55 bits per heavy atom. The maximum Gasteiger partial charge on any atom is 0.252 e. The van der Waals surface area contributed by atoms with Gasteiger partial charge in [0.15, 0.2) is 0 Å². The van der Waals surface area contributed by atoms with Crippen molar-refractivity contribution in [2.75, 3.05) is 13.2 Å². The van der Waals surface area contributed by atoms with Crippen LogP contribution in [0.3, 0.4) is 0 Å². The lowest BCUT2D eigenvalue weighted by atomic mass is 10.3. The number of rotatable bonds is 5. The number of carbonyl (C=O) groups is 1. The second-order valence-corrected chi connectivity index (χ2v) is 4.85. The molecule has 2 rings (SSSR count). The van der Waals surface area contributed by atoms with E-state index in [1.165, 1.54) is 11.3 Å². The Hall–Kier alpha value is -2.17. The van der Waals surface area contributed by atoms with E-state index in [2.05, 4.69) is 27.5 Å². The molecule has 0 bridgehead atoms. The van der Waals surface area contributed by atoms with Crippen LogP contribution in [0.5, 0.6) is 0 Å². The molecule has 2 heterocycles. The molecule has 0 aliphatic heterocycles. The van der Waals surface area contributed by atoms with Gasteiger partial charge in [-0.25, -0.2) is 0 Å². The number of amides is 1. The molecule has 0 unspecified atom stereocenters. The number of carbonyl (C=O) groups excluding carboxylic acids is 1. The highest BCUT2D eigenvalue weighted by molar-refractivity contribution is 7.10. The zero-order chi connectivity index (χ0) is 14.2. The van der Waals surface area contributed by atoms with Gasteiger partial charge in [-0.05, 0) is 12.5 Å². The predicted octanol–water partition coefficient (Wildman–Crippen LogP) is 0.503. The van der Waals surface area contributed by atoms with Gasteiger partial charge in [0.2, 0.25) is 0 Å². The average Bonchev–Trinajstić information content (AvgIpc) is 3.12. The van der Waals surface area contributed by atoms with Gasteiger partial charge in [0.25, 0.3) is 5.91 Å². The summed E-state index contributed by atoms with van der Waals surface area (Å²) in [6, 6.07) is 1.72. The van der Waals surface area contributed by atoms with E-state index in [1.54, 1.807) is 28.5 Å². The van der Waals surface area contributed by atoms with Crippen LogP contribution < -0.4 is 5.32 Å². The third-order valence-corrected chi connectivity index (χ3v) is 3.32. The van der Waals surface area contributed by atoms with Gasteiger partial charge in [0.05, 0.1) is 16.6 Å². The van der Waals surface area contributed by atoms with Crippen molar-refractivity contribution in [3.63, 3.8) is 0 Å². The first-order valence-electron chi connectivity index (χ1n) is 6.10. The maximum atomic E-state index is 11.9. The highest BCUT2D eigenvalue weighted by Gasteiger charge is 2.07. The van der Waals surface area contributed by atoms with Gasteiger partial charge in [-0.15, -0.1) is 16.4 Å². The molecule has 6 nitrogen and oxygen atoms in total. The zero-order valence-electron chi connectivity index (χ0n) is 10.7. The lowest BCUT2D eigenvalue weighted by Crippen LogP contribution is -2.24. The third kappa shape index (κ3) is 4.19. The fourth-order valence-electron chi connectivity index (χ4n) is 1.54. The van der Waals surface area contributed by atoms with Crippen molar-refractivity contribution in [3.05, 3.63) is 34.3 Å². The molecule has 0 atom stereocenters. The number of aliphatic hydroxyl groups excluding tert-OH is 1. The van der Waals surface area contributed by atoms with Crippen LogP contribution in [-0.2, 0) is 6.54 Å². The minimum absolute atomic E-state index is 0.114. The van der Waals surface area contributed by atoms with Crippen molar-refractivity contribution in [2.24, 2.45) is 0 Å². The van der Waals surface area contributed by atoms with Crippen LogP contribution in [0.1, 0.15) is 21.7 Å². The first-order chi connectivity index (χ1) is 9.79. The largest absolute Gasteiger partial charge is 0.384 e. The van der Waals surface area contributed by atoms with E-state index in [-0.39, 0.29) is 12.5 Å². The number of nitrogens with zero attached hydrogens (tertiary/aromatic N) is 3. The van der Waals surface area contributed by atoms with Gasteiger partial charge in [0, 0.05) is 24.7 Å². The number of thiophene rings is 1. The summed E-state index contributed by atoms with van der Waals surface area (Å²) in [5.41, 5.74) is 0.595. The molecule has 1 amide bonds. The Kier molecular flexibility index (Phi) is 5.29. The lowest BCUT2D eigenvalue weighted by Gasteiger charge is -2.03. The van der Waals surface area contributed by atoms with Crippen LogP contribution in [0.15, 0.2) is 23.8 Å². The molecule has 0 aromatic carbocycles. The van der Waals surface area contributed by atoms with Crippen LogP contribution >= 0.6 is 11.3 Å². The van der Waals surface area contributed by atoms with E-state index >= 15 is 0 Å². The average molecular weight is 290 g/mol. The summed E-state index contributed by atoms with van der Waals surface area (Å²) in [7, 11) is 0. The maximum absolute atomic E-state index is 11.9. The summed E-state index contributed by atoms with van der Waals surface area (Å²) < 4.78 is 1.72. The minimum Gasteiger partial charge on any atom is -0.384 e. The Bertz CT molecular complexity index is 610. The van der Waals surface area contributed by atoms with Crippen LogP contribution in [0.4, 0.5) is 0 Å². The van der Waals surface area contributed by atoms with Crippen molar-refractivity contribution in [3.8, 4) is 11.8 Å². The Morgan fingerprint density at radius 2 is 2.45 bits per heavy atom. The number of nitrogens with one attached hydrogen (secondary N) is 1. The van der Waals surface area contributed by atoms with Crippen molar-refractivity contribution >= 4 is 17.2 Å². The van der Waals surface area contributed by atoms with Crippen LogP contribution in [-0.4, -0.2) is 39.2 Å². The summed E-state index contributed by atoms with van der Waals surface area (Å²) in [5.74, 6) is 5.21. The molecule has 0 fully saturated rings. The van der Waals surface area contributed by atoms with E-state index in [0.717, 1.165) is 17.8 Å². The summed E-state index contributed by atoms with van der Waals surface area (Å²) in [5, 5.41) is 20.8. The van der Waals surface area contributed by atoms with Crippen molar-refractivity contribution in [2.45, 2.75) is 13.0 Å². The number of aryl methyl sites for hydroxylation is 1. The van der Waals surface area contributed by atoms with Gasteiger partial charge in [-0.2, -0.15) is 0 Å². The standard InChI is InChI=1S/C13H14N4O2S/c18-8-1-3-12-9-11(10-20-12)13(19)14-4-2-6-17-7-5-15-16-17/h5,7,9-10,18H,2,4,6,8H2,(H,14,19). The number of aliphatic hydroxyl groups is 1. The lowest BCUT2D eigenvalue weighted by molar-refractivity contribution is 0.0953. The molecule has 2 aromatic heterocycles. The van der Waals surface area contributed by atoms with Gasteiger partial charge in [-0.1, -0.05) is 17.1 Å². The third-order valence-electron chi connectivity index (χ3n) is 2.47. The molecule has 0 saturated heterocycles. The van der Waals surface area contributed by atoms with Gasteiger partial charge < -0.3 is 10.4 Å². The Balaban J connectivity index is 1.75. The summed E-state index contributed by atoms with van der Waals surface area (Å²) >= 11 is 1.39. The zero-order valence-corrected chi connectivity index (χ0v) is 11.6. The molecule has 0 spiro atoms. The minimum atomic E-state index is -0.179. The molecule has 0 aliphatic rings. The van der Waals surface area contributed by atoms with E-state index < -0.39 is 0 Å². The van der Waals surface area contributed by atoms with Crippen LogP contribution in [0.2, 0.25) is 0 Å². The Labute approximate surface area is 120 Å². The second kappa shape index (κ2) is 7.43. The van der Waals surface area contributed by atoms with E-state index in [4.69, 9.17) is 5.11 Å². The second-order valence-electron chi connectivity index (χ2n) is 3.94. The highest BCUT2D eigenvalue weighted by Crippen LogP contribution is 2.13. The number of hydrogen-bond donors (Lipinski definition) is 2. The first-order valence-corrected chi connectivity index (χ1v) is 6.98. The predicted molar refractivity (Wildman–Crippen MR) is 75.3 cm³/mol. The topological polar surface area (TPSA) is 80.0 Å². The fourth-order valence-corrected chi connectivity index (χ4v) is 2.30. The molecule has 2 N–H and O–H groups in total. The SMILES string of the molecule is O=C(NCCCn1ccnn1)c1csc(C#CCO)c1. The molecular formula is C13H14N4O2S. The summed E-state index contributed by atoms with van der Waals surface area (Å²) in [4.78, 5) is 12.6. The fraction of sp³-hybridized carbons (Fsp3) is 0.308. The molecule has 20 heavy (non-hydrogen) atoms. The monoisotopic (exact) mass is 290 g/mol. The number of hydrogen-bond acceptors (Lipinski definition) is 5. The summed E-state index contributed by atoms with van der Waals surface area (Å²) in [6.45, 7) is 1.12. The molecule has 0 saturated carbocycles. The van der Waals surface area contributed by atoms with Crippen molar-refractivity contribution in [1.29, 1.82) is 0 Å². The summed E-state index contributed by atoms with van der Waals surface area (Å²) in [6.07, 6.45) is 4.20. The molecule has 0 radical (unpaired) electrons. The van der Waals surface area contributed by atoms with Gasteiger partial charge >= 0.3 is 0 Å². The molecular weight excluding hydrogens is 276 g/mol. The normalized spacial score (nSPS) is 9.85. The van der Waals surface area contributed by atoms with Gasteiger partial charge in [-0.3, -0.25) is 9.48 Å².